The predicted octanol–water partition coefficient (Wildman–Crippen LogP) is 3.33. The van der Waals surface area contributed by atoms with Gasteiger partial charge in [-0.15, -0.1) is 0 Å². The number of rotatable bonds is 5. The molecule has 1 aromatic carbocycles. The Kier molecular flexibility index (Phi) is 4.22. The monoisotopic (exact) mass is 263 g/mol. The van der Waals surface area contributed by atoms with Crippen molar-refractivity contribution in [1.82, 2.24) is 5.32 Å². The number of nitrogens with one attached hydrogen (secondary N) is 1. The van der Waals surface area contributed by atoms with E-state index in [9.17, 15) is 4.39 Å². The molecule has 1 aromatic heterocycles. The number of hydrogen-bond acceptors (Lipinski definition) is 3. The van der Waals surface area contributed by atoms with Crippen molar-refractivity contribution >= 4 is 0 Å². The fourth-order valence-corrected chi connectivity index (χ4v) is 1.86. The first-order valence-corrected chi connectivity index (χ1v) is 6.22. The van der Waals surface area contributed by atoms with Crippen molar-refractivity contribution in [3.63, 3.8) is 0 Å². The molecule has 19 heavy (non-hydrogen) atoms. The molecule has 2 rings (SSSR count). The van der Waals surface area contributed by atoms with E-state index in [-0.39, 0.29) is 5.82 Å². The Bertz CT molecular complexity index is 563. The second-order valence-corrected chi connectivity index (χ2v) is 4.55. The van der Waals surface area contributed by atoms with E-state index in [1.807, 2.05) is 20.0 Å². The van der Waals surface area contributed by atoms with Crippen molar-refractivity contribution in [3.8, 4) is 5.75 Å². The van der Waals surface area contributed by atoms with Crippen molar-refractivity contribution in [2.45, 2.75) is 27.0 Å². The molecular weight excluding hydrogens is 245 g/mol. The smallest absolute Gasteiger partial charge is 0.146 e. The number of hydrogen-bond donors (Lipinski definition) is 1. The molecule has 0 aliphatic carbocycles. The van der Waals surface area contributed by atoms with Crippen LogP contribution in [0, 0.1) is 19.7 Å². The van der Waals surface area contributed by atoms with Gasteiger partial charge in [-0.2, -0.15) is 0 Å². The normalized spacial score (nSPS) is 10.7. The van der Waals surface area contributed by atoms with Crippen LogP contribution < -0.4 is 10.1 Å². The third kappa shape index (κ3) is 3.35. The minimum atomic E-state index is -0.225. The van der Waals surface area contributed by atoms with Gasteiger partial charge in [0, 0.05) is 0 Å². The summed E-state index contributed by atoms with van der Waals surface area (Å²) in [6.07, 6.45) is 0. The van der Waals surface area contributed by atoms with E-state index in [4.69, 9.17) is 9.15 Å². The lowest BCUT2D eigenvalue weighted by Gasteiger charge is -2.05. The van der Waals surface area contributed by atoms with E-state index in [1.54, 1.807) is 19.1 Å². The number of furan rings is 1. The summed E-state index contributed by atoms with van der Waals surface area (Å²) in [6.45, 7) is 4.75. The van der Waals surface area contributed by atoms with Gasteiger partial charge in [0.05, 0.1) is 6.54 Å². The van der Waals surface area contributed by atoms with E-state index < -0.39 is 0 Å². The summed E-state index contributed by atoms with van der Waals surface area (Å²) in [4.78, 5) is 0. The van der Waals surface area contributed by atoms with Crippen molar-refractivity contribution in [1.29, 1.82) is 0 Å². The van der Waals surface area contributed by atoms with Gasteiger partial charge < -0.3 is 14.5 Å². The molecule has 0 radical (unpaired) electrons. The molecular formula is C15H18FNO2. The summed E-state index contributed by atoms with van der Waals surface area (Å²) in [5.41, 5.74) is 1.67. The quantitative estimate of drug-likeness (QED) is 0.898. The molecule has 0 aliphatic heterocycles. The maximum absolute atomic E-state index is 13.1. The van der Waals surface area contributed by atoms with E-state index in [2.05, 4.69) is 5.32 Å². The summed E-state index contributed by atoms with van der Waals surface area (Å²) in [5.74, 6) is 2.10. The summed E-state index contributed by atoms with van der Waals surface area (Å²) in [6, 6.07) is 6.67. The SMILES string of the molecule is CNCc1oc(COc2ccc(F)c(C)c2)cc1C. The highest BCUT2D eigenvalue weighted by Crippen LogP contribution is 2.19. The first-order valence-electron chi connectivity index (χ1n) is 6.22. The molecule has 0 fully saturated rings. The molecule has 0 amide bonds. The molecule has 2 aromatic rings. The first kappa shape index (κ1) is 13.6. The van der Waals surface area contributed by atoms with Crippen LogP contribution in [0.2, 0.25) is 0 Å². The maximum atomic E-state index is 13.1. The molecule has 102 valence electrons. The zero-order valence-corrected chi connectivity index (χ0v) is 11.4. The Morgan fingerprint density at radius 2 is 2.00 bits per heavy atom. The highest BCUT2D eigenvalue weighted by atomic mass is 19.1. The summed E-state index contributed by atoms with van der Waals surface area (Å²) in [5, 5.41) is 3.05. The number of aryl methyl sites for hydroxylation is 2. The van der Waals surface area contributed by atoms with Crippen LogP contribution in [0.5, 0.6) is 5.75 Å². The Morgan fingerprint density at radius 3 is 2.68 bits per heavy atom. The molecule has 0 saturated heterocycles. The Morgan fingerprint density at radius 1 is 1.21 bits per heavy atom. The molecule has 0 spiro atoms. The van der Waals surface area contributed by atoms with Crippen LogP contribution in [-0.4, -0.2) is 7.05 Å². The molecule has 0 bridgehead atoms. The highest BCUT2D eigenvalue weighted by molar-refractivity contribution is 5.29. The zero-order chi connectivity index (χ0) is 13.8. The van der Waals surface area contributed by atoms with E-state index in [0.29, 0.717) is 24.5 Å². The molecule has 3 nitrogen and oxygen atoms in total. The summed E-state index contributed by atoms with van der Waals surface area (Å²) in [7, 11) is 1.87. The molecule has 0 unspecified atom stereocenters. The van der Waals surface area contributed by atoms with E-state index in [0.717, 1.165) is 17.1 Å². The Labute approximate surface area is 112 Å². The molecule has 0 aliphatic rings. The van der Waals surface area contributed by atoms with Crippen molar-refractivity contribution in [2.24, 2.45) is 0 Å². The summed E-state index contributed by atoms with van der Waals surface area (Å²) < 4.78 is 24.4. The Hall–Kier alpha value is -1.81. The molecule has 0 atom stereocenters. The van der Waals surface area contributed by atoms with Gasteiger partial charge in [0.25, 0.3) is 0 Å². The second-order valence-electron chi connectivity index (χ2n) is 4.55. The van der Waals surface area contributed by atoms with E-state index >= 15 is 0 Å². The average Bonchev–Trinajstić information content (AvgIpc) is 2.72. The first-order chi connectivity index (χ1) is 9.10. The van der Waals surface area contributed by atoms with Crippen LogP contribution in [-0.2, 0) is 13.2 Å². The van der Waals surface area contributed by atoms with Crippen LogP contribution >= 0.6 is 0 Å². The predicted molar refractivity (Wildman–Crippen MR) is 71.7 cm³/mol. The fraction of sp³-hybridized carbons (Fsp3) is 0.333. The lowest BCUT2D eigenvalue weighted by Crippen LogP contribution is -2.04. The largest absolute Gasteiger partial charge is 0.486 e. The summed E-state index contributed by atoms with van der Waals surface area (Å²) >= 11 is 0. The van der Waals surface area contributed by atoms with Crippen molar-refractivity contribution in [3.05, 3.63) is 52.7 Å². The minimum absolute atomic E-state index is 0.225. The molecule has 1 heterocycles. The van der Waals surface area contributed by atoms with Crippen LogP contribution in [0.25, 0.3) is 0 Å². The van der Waals surface area contributed by atoms with Crippen LogP contribution in [0.3, 0.4) is 0 Å². The molecule has 0 saturated carbocycles. The van der Waals surface area contributed by atoms with Gasteiger partial charge in [0.2, 0.25) is 0 Å². The third-order valence-electron chi connectivity index (χ3n) is 2.92. The van der Waals surface area contributed by atoms with Gasteiger partial charge in [0.1, 0.15) is 29.7 Å². The van der Waals surface area contributed by atoms with Crippen molar-refractivity contribution in [2.75, 3.05) is 7.05 Å². The van der Waals surface area contributed by atoms with Crippen LogP contribution in [0.1, 0.15) is 22.6 Å². The zero-order valence-electron chi connectivity index (χ0n) is 11.4. The number of ether oxygens (including phenoxy) is 1. The van der Waals surface area contributed by atoms with Gasteiger partial charge in [-0.05, 0) is 56.3 Å². The van der Waals surface area contributed by atoms with E-state index in [1.165, 1.54) is 6.07 Å². The standard InChI is InChI=1S/C15H18FNO2/c1-10-6-12(4-5-14(10)16)18-9-13-7-11(2)15(19-13)8-17-3/h4-7,17H,8-9H2,1-3H3. The van der Waals surface area contributed by atoms with Gasteiger partial charge >= 0.3 is 0 Å². The average molecular weight is 263 g/mol. The number of halogens is 1. The lowest BCUT2D eigenvalue weighted by atomic mass is 10.2. The van der Waals surface area contributed by atoms with Crippen LogP contribution in [0.15, 0.2) is 28.7 Å². The van der Waals surface area contributed by atoms with Gasteiger partial charge in [-0.25, -0.2) is 4.39 Å². The Balaban J connectivity index is 2.01. The van der Waals surface area contributed by atoms with Gasteiger partial charge in [-0.1, -0.05) is 0 Å². The second kappa shape index (κ2) is 5.89. The van der Waals surface area contributed by atoms with Crippen LogP contribution in [0.4, 0.5) is 4.39 Å². The fourth-order valence-electron chi connectivity index (χ4n) is 1.86. The lowest BCUT2D eigenvalue weighted by molar-refractivity contribution is 0.265. The third-order valence-corrected chi connectivity index (χ3v) is 2.92. The number of benzene rings is 1. The van der Waals surface area contributed by atoms with Gasteiger partial charge in [-0.3, -0.25) is 0 Å². The van der Waals surface area contributed by atoms with Gasteiger partial charge in [0.15, 0.2) is 0 Å². The van der Waals surface area contributed by atoms with Crippen molar-refractivity contribution < 1.29 is 13.5 Å². The molecule has 4 heteroatoms. The topological polar surface area (TPSA) is 34.4 Å². The highest BCUT2D eigenvalue weighted by Gasteiger charge is 2.08. The minimum Gasteiger partial charge on any atom is -0.486 e. The maximum Gasteiger partial charge on any atom is 0.146 e. The molecule has 1 N–H and O–H groups in total.